The third kappa shape index (κ3) is 35.3. The van der Waals surface area contributed by atoms with Crippen molar-refractivity contribution in [3.63, 3.8) is 0 Å². The van der Waals surface area contributed by atoms with Crippen molar-refractivity contribution in [3.8, 4) is 34.5 Å². The van der Waals surface area contributed by atoms with Gasteiger partial charge in [-0.15, -0.1) is 0 Å². The van der Waals surface area contributed by atoms with E-state index in [0.29, 0.717) is 25.7 Å². The fourth-order valence-electron chi connectivity index (χ4n) is 10.7. The van der Waals surface area contributed by atoms with Crippen molar-refractivity contribution in [3.05, 3.63) is 30.3 Å². The summed E-state index contributed by atoms with van der Waals surface area (Å²) in [6.45, 7) is 11.9. The third-order valence-corrected chi connectivity index (χ3v) is 15.6. The zero-order chi connectivity index (χ0) is 53.2. The number of fused-ring (bicyclic) bond motifs is 1. The highest BCUT2D eigenvalue weighted by Gasteiger charge is 2.20. The maximum atomic E-state index is 6.73. The van der Waals surface area contributed by atoms with Crippen LogP contribution in [0.25, 0.3) is 22.6 Å². The van der Waals surface area contributed by atoms with Gasteiger partial charge in [0.2, 0.25) is 11.6 Å². The maximum absolute atomic E-state index is 6.73. The molecule has 6 heteroatoms. The van der Waals surface area contributed by atoms with Crippen LogP contribution < -0.4 is 18.9 Å². The van der Waals surface area contributed by atoms with Crippen LogP contribution in [0.1, 0.15) is 336 Å². The molecule has 0 N–H and O–H groups in total. The van der Waals surface area contributed by atoms with Gasteiger partial charge in [0.1, 0.15) is 11.3 Å². The first kappa shape index (κ1) is 66.4. The lowest BCUT2D eigenvalue weighted by Crippen LogP contribution is -2.07. The smallest absolute Gasteiger partial charge is 0.227 e. The van der Waals surface area contributed by atoms with Crippen molar-refractivity contribution in [2.24, 2.45) is 0 Å². The van der Waals surface area contributed by atoms with E-state index in [0.717, 1.165) is 72.0 Å². The van der Waals surface area contributed by atoms with Gasteiger partial charge in [-0.2, -0.15) is 0 Å². The minimum atomic E-state index is 0.570. The van der Waals surface area contributed by atoms with E-state index in [1.54, 1.807) is 0 Å². The van der Waals surface area contributed by atoms with E-state index in [4.69, 9.17) is 28.3 Å². The maximum Gasteiger partial charge on any atom is 0.227 e. The Balaban J connectivity index is 1.64. The van der Waals surface area contributed by atoms with Gasteiger partial charge in [0.05, 0.1) is 26.4 Å². The number of hydrogen-bond acceptors (Lipinski definition) is 6. The standard InChI is InChI=1S/C69H121NO5/c1-5-9-13-17-21-25-29-33-37-41-45-49-55-71-63-53-54-64-65(61-63)75-69(70-64)62-59-66(72-56-50-46-42-38-34-30-26-22-18-14-10-6-2)68(74-58-52-48-44-40-36-32-28-24-20-16-12-8-4)67(60-62)73-57-51-47-43-39-35-31-27-23-19-15-11-7-3/h53-54,59-61H,5-52,55-58H2,1-4H3. The van der Waals surface area contributed by atoms with E-state index in [1.807, 2.05) is 18.2 Å². The molecule has 0 spiro atoms. The summed E-state index contributed by atoms with van der Waals surface area (Å²) in [6.07, 6.45) is 63.6. The molecule has 2 aromatic carbocycles. The number of rotatable bonds is 57. The summed E-state index contributed by atoms with van der Waals surface area (Å²) in [5.74, 6) is 3.64. The Morgan fingerprint density at radius 3 is 0.907 bits per heavy atom. The molecule has 0 amide bonds. The van der Waals surface area contributed by atoms with Crippen LogP contribution in [-0.4, -0.2) is 31.4 Å². The lowest BCUT2D eigenvalue weighted by atomic mass is 10.1. The highest BCUT2D eigenvalue weighted by atomic mass is 16.5. The summed E-state index contributed by atoms with van der Waals surface area (Å²) in [5.41, 5.74) is 2.42. The molecule has 0 aliphatic heterocycles. The average Bonchev–Trinajstić information content (AvgIpc) is 3.86. The molecule has 432 valence electrons. The molecule has 3 aromatic rings. The van der Waals surface area contributed by atoms with E-state index in [2.05, 4.69) is 39.8 Å². The van der Waals surface area contributed by atoms with Crippen molar-refractivity contribution >= 4 is 11.1 Å². The summed E-state index contributed by atoms with van der Waals surface area (Å²) >= 11 is 0. The van der Waals surface area contributed by atoms with Crippen LogP contribution in [0.15, 0.2) is 34.7 Å². The van der Waals surface area contributed by atoms with E-state index >= 15 is 0 Å². The molecule has 0 bridgehead atoms. The van der Waals surface area contributed by atoms with Gasteiger partial charge in [-0.3, -0.25) is 0 Å². The van der Waals surface area contributed by atoms with E-state index in [-0.39, 0.29) is 0 Å². The van der Waals surface area contributed by atoms with Gasteiger partial charge >= 0.3 is 0 Å². The molecule has 0 saturated carbocycles. The molecule has 0 radical (unpaired) electrons. The van der Waals surface area contributed by atoms with E-state index in [1.165, 1.54) is 283 Å². The number of benzene rings is 2. The molecule has 1 aromatic heterocycles. The quantitative estimate of drug-likeness (QED) is 0.0525. The first-order valence-electron chi connectivity index (χ1n) is 33.3. The fourth-order valence-corrected chi connectivity index (χ4v) is 10.7. The molecule has 75 heavy (non-hydrogen) atoms. The number of unbranched alkanes of at least 4 members (excludes halogenated alkanes) is 44. The van der Waals surface area contributed by atoms with Crippen LogP contribution in [0.4, 0.5) is 0 Å². The van der Waals surface area contributed by atoms with Crippen molar-refractivity contribution in [1.29, 1.82) is 0 Å². The van der Waals surface area contributed by atoms with E-state index in [9.17, 15) is 0 Å². The predicted octanol–water partition coefficient (Wildman–Crippen LogP) is 23.8. The van der Waals surface area contributed by atoms with Gasteiger partial charge in [-0.1, -0.05) is 310 Å². The van der Waals surface area contributed by atoms with Gasteiger partial charge in [0, 0.05) is 11.6 Å². The van der Waals surface area contributed by atoms with Gasteiger partial charge in [-0.05, 0) is 49.9 Å². The molecule has 0 unspecified atom stereocenters. The summed E-state index contributed by atoms with van der Waals surface area (Å²) in [7, 11) is 0. The molecule has 0 aliphatic carbocycles. The predicted molar refractivity (Wildman–Crippen MR) is 326 cm³/mol. The molecule has 0 aliphatic rings. The van der Waals surface area contributed by atoms with Crippen LogP contribution in [-0.2, 0) is 0 Å². The average molecular weight is 1040 g/mol. The van der Waals surface area contributed by atoms with Crippen molar-refractivity contribution < 1.29 is 23.4 Å². The second kappa shape index (κ2) is 49.4. The Kier molecular flexibility index (Phi) is 43.7. The number of hydrogen-bond donors (Lipinski definition) is 0. The normalized spacial score (nSPS) is 11.6. The first-order valence-corrected chi connectivity index (χ1v) is 33.3. The Morgan fingerprint density at radius 2 is 0.587 bits per heavy atom. The molecule has 0 atom stereocenters. The third-order valence-electron chi connectivity index (χ3n) is 15.6. The zero-order valence-electron chi connectivity index (χ0n) is 50.1. The highest BCUT2D eigenvalue weighted by molar-refractivity contribution is 5.78. The van der Waals surface area contributed by atoms with Gasteiger partial charge in [0.25, 0.3) is 0 Å². The number of ether oxygens (including phenoxy) is 4. The Labute approximate surface area is 464 Å². The van der Waals surface area contributed by atoms with E-state index < -0.39 is 0 Å². The van der Waals surface area contributed by atoms with Gasteiger partial charge < -0.3 is 23.4 Å². The lowest BCUT2D eigenvalue weighted by Gasteiger charge is -2.18. The Morgan fingerprint density at radius 1 is 0.307 bits per heavy atom. The zero-order valence-corrected chi connectivity index (χ0v) is 50.1. The van der Waals surface area contributed by atoms with Crippen LogP contribution >= 0.6 is 0 Å². The number of nitrogens with zero attached hydrogens (tertiary/aromatic N) is 1. The SMILES string of the molecule is CCCCCCCCCCCCCCOc1ccc2nc(-c3cc(OCCCCCCCCCCCCCC)c(OCCCCCCCCCCCCCC)c(OCCCCCCCCCCCCCC)c3)oc2c1. The molecule has 0 fully saturated rings. The fraction of sp³-hybridized carbons (Fsp3) is 0.812. The van der Waals surface area contributed by atoms with Gasteiger partial charge in [-0.25, -0.2) is 4.98 Å². The highest BCUT2D eigenvalue weighted by Crippen LogP contribution is 2.43. The summed E-state index contributed by atoms with van der Waals surface area (Å²) in [6, 6.07) is 10.2. The van der Waals surface area contributed by atoms with Gasteiger partial charge in [0.15, 0.2) is 17.1 Å². The minimum Gasteiger partial charge on any atom is -0.493 e. The largest absolute Gasteiger partial charge is 0.493 e. The summed E-state index contributed by atoms with van der Waals surface area (Å²) in [5, 5.41) is 0. The monoisotopic (exact) mass is 1040 g/mol. The molecule has 0 saturated heterocycles. The van der Waals surface area contributed by atoms with Crippen LogP contribution in [0, 0.1) is 0 Å². The number of aromatic nitrogens is 1. The van der Waals surface area contributed by atoms with Crippen molar-refractivity contribution in [2.75, 3.05) is 26.4 Å². The Hall–Kier alpha value is -2.89. The molecular weight excluding hydrogens is 923 g/mol. The van der Waals surface area contributed by atoms with Crippen molar-refractivity contribution in [2.45, 2.75) is 336 Å². The first-order chi connectivity index (χ1) is 37.2. The molecular formula is C69H121NO5. The molecule has 3 rings (SSSR count). The summed E-state index contributed by atoms with van der Waals surface area (Å²) < 4.78 is 33.0. The second-order valence-electron chi connectivity index (χ2n) is 22.9. The summed E-state index contributed by atoms with van der Waals surface area (Å²) in [4.78, 5) is 5.01. The minimum absolute atomic E-state index is 0.570. The topological polar surface area (TPSA) is 63.0 Å². The van der Waals surface area contributed by atoms with Crippen LogP contribution in [0.5, 0.6) is 23.0 Å². The molecule has 6 nitrogen and oxygen atoms in total. The number of oxazole rings is 1. The second-order valence-corrected chi connectivity index (χ2v) is 22.9. The van der Waals surface area contributed by atoms with Crippen LogP contribution in [0.3, 0.4) is 0 Å². The van der Waals surface area contributed by atoms with Crippen LogP contribution in [0.2, 0.25) is 0 Å². The van der Waals surface area contributed by atoms with Crippen molar-refractivity contribution in [1.82, 2.24) is 4.98 Å². The Bertz CT molecular complexity index is 1630. The molecule has 1 heterocycles. The lowest BCUT2D eigenvalue weighted by molar-refractivity contribution is 0.234.